The van der Waals surface area contributed by atoms with Gasteiger partial charge in [-0.25, -0.2) is 4.39 Å². The summed E-state index contributed by atoms with van der Waals surface area (Å²) in [6.45, 7) is 0.834. The monoisotopic (exact) mass is 204 g/mol. The number of hydrogen-bond acceptors (Lipinski definition) is 1. The van der Waals surface area contributed by atoms with Crippen LogP contribution in [0.2, 0.25) is 0 Å². The van der Waals surface area contributed by atoms with Gasteiger partial charge in [0.1, 0.15) is 5.82 Å². The molecule has 0 spiro atoms. The van der Waals surface area contributed by atoms with Crippen molar-refractivity contribution in [2.45, 2.75) is 25.4 Å². The molecule has 1 aliphatic heterocycles. The summed E-state index contributed by atoms with van der Waals surface area (Å²) in [5, 5.41) is 0.985. The molecule has 1 aliphatic rings. The van der Waals surface area contributed by atoms with Crippen LogP contribution < -0.4 is 5.73 Å². The lowest BCUT2D eigenvalue weighted by atomic mass is 10.1. The molecule has 2 nitrogen and oxygen atoms in total. The number of aryl methyl sites for hydroxylation is 1. The van der Waals surface area contributed by atoms with Crippen LogP contribution in [0.5, 0.6) is 0 Å². The quantitative estimate of drug-likeness (QED) is 0.699. The van der Waals surface area contributed by atoms with Crippen LogP contribution in [-0.4, -0.2) is 10.6 Å². The Morgan fingerprint density at radius 3 is 3.13 bits per heavy atom. The second kappa shape index (κ2) is 3.07. The molecule has 1 aromatic carbocycles. The zero-order valence-corrected chi connectivity index (χ0v) is 8.41. The fraction of sp³-hybridized carbons (Fsp3) is 0.333. The Hall–Kier alpha value is -1.35. The van der Waals surface area contributed by atoms with Crippen LogP contribution >= 0.6 is 0 Å². The minimum Gasteiger partial charge on any atom is -0.342 e. The number of halogens is 1. The lowest BCUT2D eigenvalue weighted by Gasteiger charge is -2.21. The molecule has 0 saturated heterocycles. The molecule has 1 atom stereocenters. The van der Waals surface area contributed by atoms with Crippen molar-refractivity contribution in [1.29, 1.82) is 0 Å². The Morgan fingerprint density at radius 1 is 1.40 bits per heavy atom. The van der Waals surface area contributed by atoms with Gasteiger partial charge in [0.2, 0.25) is 0 Å². The molecule has 2 heterocycles. The summed E-state index contributed by atoms with van der Waals surface area (Å²) in [6.07, 6.45) is 1.79. The van der Waals surface area contributed by atoms with E-state index in [4.69, 9.17) is 5.73 Å². The predicted molar refractivity (Wildman–Crippen MR) is 58.2 cm³/mol. The van der Waals surface area contributed by atoms with Crippen LogP contribution in [0.4, 0.5) is 4.39 Å². The van der Waals surface area contributed by atoms with E-state index in [1.165, 1.54) is 6.07 Å². The first-order valence-electron chi connectivity index (χ1n) is 5.28. The van der Waals surface area contributed by atoms with Gasteiger partial charge < -0.3 is 10.3 Å². The minimum atomic E-state index is -0.130. The van der Waals surface area contributed by atoms with Crippen LogP contribution in [0.1, 0.15) is 12.1 Å². The lowest BCUT2D eigenvalue weighted by Crippen LogP contribution is -2.30. The first-order chi connectivity index (χ1) is 7.25. The number of fused-ring (bicyclic) bond motifs is 3. The highest BCUT2D eigenvalue weighted by Gasteiger charge is 2.19. The highest BCUT2D eigenvalue weighted by Crippen LogP contribution is 2.26. The Morgan fingerprint density at radius 2 is 2.27 bits per heavy atom. The number of benzene rings is 1. The summed E-state index contributed by atoms with van der Waals surface area (Å²) in [4.78, 5) is 0. The van der Waals surface area contributed by atoms with Crippen molar-refractivity contribution in [3.8, 4) is 0 Å². The summed E-state index contributed by atoms with van der Waals surface area (Å²) in [7, 11) is 0. The maximum Gasteiger partial charge on any atom is 0.147 e. The van der Waals surface area contributed by atoms with Crippen LogP contribution in [0.25, 0.3) is 10.9 Å². The summed E-state index contributed by atoms with van der Waals surface area (Å²) in [5.41, 5.74) is 7.80. The molecule has 3 rings (SSSR count). The van der Waals surface area contributed by atoms with Gasteiger partial charge in [0, 0.05) is 30.1 Å². The number of rotatable bonds is 0. The van der Waals surface area contributed by atoms with E-state index in [2.05, 4.69) is 10.6 Å². The maximum atomic E-state index is 13.7. The third-order valence-electron chi connectivity index (χ3n) is 3.15. The summed E-state index contributed by atoms with van der Waals surface area (Å²) >= 11 is 0. The van der Waals surface area contributed by atoms with Gasteiger partial charge >= 0.3 is 0 Å². The average molecular weight is 204 g/mol. The first kappa shape index (κ1) is 8.92. The van der Waals surface area contributed by atoms with Gasteiger partial charge in [-0.15, -0.1) is 0 Å². The molecular weight excluding hydrogens is 191 g/mol. The van der Waals surface area contributed by atoms with Crippen molar-refractivity contribution in [3.63, 3.8) is 0 Å². The highest BCUT2D eigenvalue weighted by atomic mass is 19.1. The summed E-state index contributed by atoms with van der Waals surface area (Å²) < 4.78 is 15.7. The van der Waals surface area contributed by atoms with Gasteiger partial charge in [-0.05, 0) is 18.6 Å². The SMILES string of the molecule is NC1CCn2c(cc3cccc(F)c32)C1. The molecule has 2 aromatic rings. The Balaban J connectivity index is 2.29. The van der Waals surface area contributed by atoms with Gasteiger partial charge in [0.25, 0.3) is 0 Å². The molecule has 1 unspecified atom stereocenters. The Kier molecular flexibility index (Phi) is 1.83. The van der Waals surface area contributed by atoms with Crippen LogP contribution in [0.3, 0.4) is 0 Å². The second-order valence-corrected chi connectivity index (χ2v) is 4.22. The predicted octanol–water partition coefficient (Wildman–Crippen LogP) is 2.05. The fourth-order valence-corrected chi connectivity index (χ4v) is 2.42. The van der Waals surface area contributed by atoms with E-state index in [0.717, 1.165) is 36.0 Å². The molecule has 1 aromatic heterocycles. The number of nitrogens with zero attached hydrogens (tertiary/aromatic N) is 1. The number of aromatic nitrogens is 1. The lowest BCUT2D eigenvalue weighted by molar-refractivity contribution is 0.476. The van der Waals surface area contributed by atoms with E-state index in [9.17, 15) is 4.39 Å². The largest absolute Gasteiger partial charge is 0.342 e. The highest BCUT2D eigenvalue weighted by molar-refractivity contribution is 5.82. The normalized spacial score (nSPS) is 20.5. The fourth-order valence-electron chi connectivity index (χ4n) is 2.42. The van der Waals surface area contributed by atoms with Crippen molar-refractivity contribution < 1.29 is 4.39 Å². The van der Waals surface area contributed by atoms with Gasteiger partial charge in [-0.2, -0.15) is 0 Å². The molecule has 78 valence electrons. The van der Waals surface area contributed by atoms with Gasteiger partial charge in [0.05, 0.1) is 5.52 Å². The Bertz CT molecular complexity index is 516. The topological polar surface area (TPSA) is 30.9 Å². The summed E-state index contributed by atoms with van der Waals surface area (Å²) in [5.74, 6) is -0.130. The van der Waals surface area contributed by atoms with Gasteiger partial charge in [0.15, 0.2) is 0 Å². The van der Waals surface area contributed by atoms with Crippen LogP contribution in [0, 0.1) is 5.82 Å². The second-order valence-electron chi connectivity index (χ2n) is 4.22. The molecule has 0 aliphatic carbocycles. The number of nitrogens with two attached hydrogens (primary N) is 1. The van der Waals surface area contributed by atoms with E-state index in [-0.39, 0.29) is 11.9 Å². The van der Waals surface area contributed by atoms with Crippen LogP contribution in [-0.2, 0) is 13.0 Å². The van der Waals surface area contributed by atoms with Crippen molar-refractivity contribution >= 4 is 10.9 Å². The van der Waals surface area contributed by atoms with E-state index in [1.807, 2.05) is 6.07 Å². The molecule has 0 amide bonds. The van der Waals surface area contributed by atoms with Gasteiger partial charge in [-0.1, -0.05) is 12.1 Å². The third-order valence-corrected chi connectivity index (χ3v) is 3.15. The average Bonchev–Trinajstić information content (AvgIpc) is 2.56. The summed E-state index contributed by atoms with van der Waals surface area (Å²) in [6, 6.07) is 7.50. The minimum absolute atomic E-state index is 0.130. The maximum absolute atomic E-state index is 13.7. The van der Waals surface area contributed by atoms with Crippen molar-refractivity contribution in [2.75, 3.05) is 0 Å². The zero-order chi connectivity index (χ0) is 10.4. The third kappa shape index (κ3) is 1.27. The van der Waals surface area contributed by atoms with Crippen molar-refractivity contribution in [2.24, 2.45) is 5.73 Å². The van der Waals surface area contributed by atoms with E-state index in [1.54, 1.807) is 6.07 Å². The zero-order valence-electron chi connectivity index (χ0n) is 8.41. The first-order valence-corrected chi connectivity index (χ1v) is 5.28. The molecule has 3 heteroatoms. The van der Waals surface area contributed by atoms with Crippen molar-refractivity contribution in [1.82, 2.24) is 4.57 Å². The smallest absolute Gasteiger partial charge is 0.147 e. The molecule has 0 radical (unpaired) electrons. The number of hydrogen-bond donors (Lipinski definition) is 1. The van der Waals surface area contributed by atoms with Crippen molar-refractivity contribution in [3.05, 3.63) is 35.8 Å². The molecule has 15 heavy (non-hydrogen) atoms. The van der Waals surface area contributed by atoms with E-state index in [0.29, 0.717) is 0 Å². The Labute approximate surface area is 87.5 Å². The molecule has 2 N–H and O–H groups in total. The number of para-hydroxylation sites is 1. The molecule has 0 fully saturated rings. The molecule has 0 bridgehead atoms. The molecular formula is C12H13FN2. The van der Waals surface area contributed by atoms with Gasteiger partial charge in [-0.3, -0.25) is 0 Å². The van der Waals surface area contributed by atoms with E-state index < -0.39 is 0 Å². The standard InChI is InChI=1S/C12H13FN2/c13-11-3-1-2-8-6-10-7-9(14)4-5-15(10)12(8)11/h1-3,6,9H,4-5,7,14H2. The molecule has 0 saturated carbocycles. The van der Waals surface area contributed by atoms with Crippen LogP contribution in [0.15, 0.2) is 24.3 Å². The van der Waals surface area contributed by atoms with E-state index >= 15 is 0 Å².